The van der Waals surface area contributed by atoms with Gasteiger partial charge in [-0.2, -0.15) is 0 Å². The second-order valence-corrected chi connectivity index (χ2v) is 5.97. The number of carbonyl (C=O) groups is 2. The highest BCUT2D eigenvalue weighted by Crippen LogP contribution is 2.13. The van der Waals surface area contributed by atoms with Gasteiger partial charge in [-0.3, -0.25) is 14.5 Å². The highest BCUT2D eigenvalue weighted by molar-refractivity contribution is 6.30. The van der Waals surface area contributed by atoms with Gasteiger partial charge in [0.05, 0.1) is 25.4 Å². The minimum atomic E-state index is -0.219. The monoisotopic (exact) mass is 349 g/mol. The number of anilines is 1. The molecule has 2 amide bonds. The smallest absolute Gasteiger partial charge is 0.238 e. The number of rotatable bonds is 7. The van der Waals surface area contributed by atoms with Crippen molar-refractivity contribution in [3.8, 4) is 0 Å². The van der Waals surface area contributed by atoms with Crippen LogP contribution in [0.4, 0.5) is 5.69 Å². The second-order valence-electron chi connectivity index (χ2n) is 5.53. The predicted octanol–water partition coefficient (Wildman–Crippen LogP) is 2.68. The van der Waals surface area contributed by atoms with Crippen LogP contribution >= 0.6 is 11.6 Å². The SMILES string of the molecule is C[C@@H](NC(=O)CN(C)CC(=O)Nc1ccc(Cl)cc1)c1ccco1. The molecule has 7 heteroatoms. The minimum Gasteiger partial charge on any atom is -0.467 e. The number of carbonyl (C=O) groups excluding carboxylic acids is 2. The molecule has 2 N–H and O–H groups in total. The maximum Gasteiger partial charge on any atom is 0.238 e. The fraction of sp³-hybridized carbons (Fsp3) is 0.294. The molecule has 2 rings (SSSR count). The Morgan fingerprint density at radius 1 is 1.17 bits per heavy atom. The van der Waals surface area contributed by atoms with Gasteiger partial charge in [0.2, 0.25) is 11.8 Å². The summed E-state index contributed by atoms with van der Waals surface area (Å²) in [6, 6.07) is 10.2. The van der Waals surface area contributed by atoms with Crippen LogP contribution in [0.5, 0.6) is 0 Å². The van der Waals surface area contributed by atoms with E-state index in [1.165, 1.54) is 0 Å². The Hall–Kier alpha value is -2.31. The van der Waals surface area contributed by atoms with Crippen molar-refractivity contribution in [2.24, 2.45) is 0 Å². The van der Waals surface area contributed by atoms with Crippen LogP contribution in [0, 0.1) is 0 Å². The third kappa shape index (κ3) is 5.72. The van der Waals surface area contributed by atoms with E-state index in [0.29, 0.717) is 16.5 Å². The Morgan fingerprint density at radius 3 is 2.46 bits per heavy atom. The Morgan fingerprint density at radius 2 is 1.83 bits per heavy atom. The van der Waals surface area contributed by atoms with E-state index < -0.39 is 0 Å². The molecule has 0 radical (unpaired) electrons. The molecule has 1 atom stereocenters. The zero-order valence-electron chi connectivity index (χ0n) is 13.6. The Balaban J connectivity index is 1.75. The molecule has 1 heterocycles. The van der Waals surface area contributed by atoms with Crippen molar-refractivity contribution in [2.75, 3.05) is 25.5 Å². The van der Waals surface area contributed by atoms with E-state index in [2.05, 4.69) is 10.6 Å². The molecule has 24 heavy (non-hydrogen) atoms. The molecular formula is C17H20ClN3O3. The maximum absolute atomic E-state index is 12.0. The fourth-order valence-corrected chi connectivity index (χ4v) is 2.30. The van der Waals surface area contributed by atoms with E-state index in [1.54, 1.807) is 54.6 Å². The molecule has 6 nitrogen and oxygen atoms in total. The highest BCUT2D eigenvalue weighted by Gasteiger charge is 2.15. The summed E-state index contributed by atoms with van der Waals surface area (Å²) in [6.07, 6.45) is 1.56. The number of likely N-dealkylation sites (N-methyl/N-ethyl adjacent to an activating group) is 1. The lowest BCUT2D eigenvalue weighted by Gasteiger charge is -2.18. The van der Waals surface area contributed by atoms with Gasteiger partial charge in [0.15, 0.2) is 0 Å². The van der Waals surface area contributed by atoms with Crippen molar-refractivity contribution < 1.29 is 14.0 Å². The number of benzene rings is 1. The normalized spacial score (nSPS) is 12.0. The number of furan rings is 1. The summed E-state index contributed by atoms with van der Waals surface area (Å²) in [6.45, 7) is 2.05. The first-order valence-electron chi connectivity index (χ1n) is 7.51. The van der Waals surface area contributed by atoms with Gasteiger partial charge in [-0.15, -0.1) is 0 Å². The molecule has 0 fully saturated rings. The van der Waals surface area contributed by atoms with Crippen molar-refractivity contribution in [1.29, 1.82) is 0 Å². The Kier molecular flexibility index (Phi) is 6.40. The number of nitrogens with one attached hydrogen (secondary N) is 2. The average Bonchev–Trinajstić information content (AvgIpc) is 3.03. The summed E-state index contributed by atoms with van der Waals surface area (Å²) in [5.41, 5.74) is 0.661. The minimum absolute atomic E-state index is 0.102. The number of halogens is 1. The van der Waals surface area contributed by atoms with E-state index in [9.17, 15) is 9.59 Å². The van der Waals surface area contributed by atoms with Crippen LogP contribution in [-0.4, -0.2) is 36.9 Å². The van der Waals surface area contributed by atoms with Crippen LogP contribution in [0.15, 0.2) is 47.1 Å². The van der Waals surface area contributed by atoms with Crippen molar-refractivity contribution >= 4 is 29.1 Å². The molecule has 1 aromatic heterocycles. The summed E-state index contributed by atoms with van der Waals surface area (Å²) in [5.74, 6) is 0.305. The summed E-state index contributed by atoms with van der Waals surface area (Å²) < 4.78 is 5.24. The molecule has 0 aliphatic heterocycles. The Labute approximate surface area is 145 Å². The topological polar surface area (TPSA) is 74.6 Å². The van der Waals surface area contributed by atoms with E-state index in [-0.39, 0.29) is 30.9 Å². The van der Waals surface area contributed by atoms with E-state index in [4.69, 9.17) is 16.0 Å². The van der Waals surface area contributed by atoms with Gasteiger partial charge in [-0.05, 0) is 50.4 Å². The molecule has 0 aliphatic rings. The van der Waals surface area contributed by atoms with Crippen LogP contribution in [0.3, 0.4) is 0 Å². The summed E-state index contributed by atoms with van der Waals surface area (Å²) in [4.78, 5) is 25.6. The van der Waals surface area contributed by atoms with Crippen LogP contribution in [-0.2, 0) is 9.59 Å². The molecule has 128 valence electrons. The lowest BCUT2D eigenvalue weighted by Crippen LogP contribution is -2.39. The summed E-state index contributed by atoms with van der Waals surface area (Å²) in [5, 5.41) is 6.18. The molecule has 0 saturated heterocycles. The van der Waals surface area contributed by atoms with Crippen LogP contribution in [0.25, 0.3) is 0 Å². The maximum atomic E-state index is 12.0. The van der Waals surface area contributed by atoms with Gasteiger partial charge in [0, 0.05) is 10.7 Å². The van der Waals surface area contributed by atoms with E-state index in [1.807, 2.05) is 6.92 Å². The van der Waals surface area contributed by atoms with Crippen molar-refractivity contribution in [1.82, 2.24) is 10.2 Å². The van der Waals surface area contributed by atoms with E-state index in [0.717, 1.165) is 0 Å². The first kappa shape index (κ1) is 18.0. The second kappa shape index (κ2) is 8.52. The number of hydrogen-bond acceptors (Lipinski definition) is 4. The van der Waals surface area contributed by atoms with Crippen molar-refractivity contribution in [2.45, 2.75) is 13.0 Å². The average molecular weight is 350 g/mol. The first-order chi connectivity index (χ1) is 11.4. The molecule has 0 spiro atoms. The third-order valence-electron chi connectivity index (χ3n) is 3.30. The molecule has 0 unspecified atom stereocenters. The molecule has 0 bridgehead atoms. The standard InChI is InChI=1S/C17H20ClN3O3/c1-12(15-4-3-9-24-15)19-16(22)10-21(2)11-17(23)20-14-7-5-13(18)6-8-14/h3-9,12H,10-11H2,1-2H3,(H,19,22)(H,20,23)/t12-/m1/s1. The van der Waals surface area contributed by atoms with Crippen LogP contribution in [0.1, 0.15) is 18.7 Å². The number of nitrogens with zero attached hydrogens (tertiary/aromatic N) is 1. The number of amides is 2. The lowest BCUT2D eigenvalue weighted by molar-refractivity contribution is -0.123. The quantitative estimate of drug-likeness (QED) is 0.806. The highest BCUT2D eigenvalue weighted by atomic mass is 35.5. The first-order valence-corrected chi connectivity index (χ1v) is 7.88. The molecular weight excluding hydrogens is 330 g/mol. The van der Waals surface area contributed by atoms with Gasteiger partial charge in [0.1, 0.15) is 5.76 Å². The van der Waals surface area contributed by atoms with Gasteiger partial charge in [-0.1, -0.05) is 11.6 Å². The number of hydrogen-bond donors (Lipinski definition) is 2. The van der Waals surface area contributed by atoms with E-state index >= 15 is 0 Å². The third-order valence-corrected chi connectivity index (χ3v) is 3.55. The fourth-order valence-electron chi connectivity index (χ4n) is 2.18. The molecule has 2 aromatic rings. The molecule has 0 aliphatic carbocycles. The largest absolute Gasteiger partial charge is 0.467 e. The zero-order chi connectivity index (χ0) is 17.5. The molecule has 1 aromatic carbocycles. The lowest BCUT2D eigenvalue weighted by atomic mass is 10.2. The molecule has 0 saturated carbocycles. The van der Waals surface area contributed by atoms with Gasteiger partial charge in [-0.25, -0.2) is 0 Å². The Bertz CT molecular complexity index is 671. The summed E-state index contributed by atoms with van der Waals surface area (Å²) in [7, 11) is 1.71. The van der Waals surface area contributed by atoms with Crippen LogP contribution in [0.2, 0.25) is 5.02 Å². The van der Waals surface area contributed by atoms with Crippen LogP contribution < -0.4 is 10.6 Å². The van der Waals surface area contributed by atoms with Crippen molar-refractivity contribution in [3.05, 3.63) is 53.4 Å². The predicted molar refractivity (Wildman–Crippen MR) is 92.8 cm³/mol. The van der Waals surface area contributed by atoms with Crippen molar-refractivity contribution in [3.63, 3.8) is 0 Å². The van der Waals surface area contributed by atoms with Gasteiger partial charge in [0.25, 0.3) is 0 Å². The summed E-state index contributed by atoms with van der Waals surface area (Å²) >= 11 is 5.80. The van der Waals surface area contributed by atoms with Gasteiger partial charge >= 0.3 is 0 Å². The van der Waals surface area contributed by atoms with Gasteiger partial charge < -0.3 is 15.1 Å². The zero-order valence-corrected chi connectivity index (χ0v) is 14.3.